The van der Waals surface area contributed by atoms with Gasteiger partial charge in [0.15, 0.2) is 5.57 Å². The maximum Gasteiger partial charge on any atom is 0.350 e. The summed E-state index contributed by atoms with van der Waals surface area (Å²) >= 11 is 3.11. The standard InChI is InChI=1S/C14H13BrN2O6/c1-7-4-9(15)11(17(20)21)5-10(7)16-6-8-12(18)22-14(2,3)23-13(8)19/h4-6,16H,1-3H3. The lowest BCUT2D eigenvalue weighted by Crippen LogP contribution is -2.42. The van der Waals surface area contributed by atoms with Gasteiger partial charge in [-0.3, -0.25) is 10.1 Å². The van der Waals surface area contributed by atoms with E-state index in [1.54, 1.807) is 13.0 Å². The van der Waals surface area contributed by atoms with Crippen molar-refractivity contribution in [1.29, 1.82) is 0 Å². The fraction of sp³-hybridized carbons (Fsp3) is 0.286. The second-order valence-corrected chi connectivity index (χ2v) is 6.11. The van der Waals surface area contributed by atoms with Gasteiger partial charge in [0.1, 0.15) is 0 Å². The van der Waals surface area contributed by atoms with Crippen molar-refractivity contribution in [3.8, 4) is 0 Å². The summed E-state index contributed by atoms with van der Waals surface area (Å²) in [6, 6.07) is 2.85. The lowest BCUT2D eigenvalue weighted by molar-refractivity contribution is -0.385. The summed E-state index contributed by atoms with van der Waals surface area (Å²) in [6.07, 6.45) is 1.11. The largest absolute Gasteiger partial charge is 0.419 e. The first kappa shape index (κ1) is 16.9. The van der Waals surface area contributed by atoms with Crippen molar-refractivity contribution in [2.45, 2.75) is 26.6 Å². The number of nitrogens with zero attached hydrogens (tertiary/aromatic N) is 1. The van der Waals surface area contributed by atoms with Crippen LogP contribution in [0.25, 0.3) is 0 Å². The van der Waals surface area contributed by atoms with Crippen LogP contribution >= 0.6 is 15.9 Å². The van der Waals surface area contributed by atoms with E-state index in [9.17, 15) is 19.7 Å². The predicted molar refractivity (Wildman–Crippen MR) is 83.5 cm³/mol. The molecule has 1 aromatic carbocycles. The molecule has 0 saturated carbocycles. The summed E-state index contributed by atoms with van der Waals surface area (Å²) in [7, 11) is 0. The number of esters is 2. The highest BCUT2D eigenvalue weighted by Crippen LogP contribution is 2.31. The Morgan fingerprint density at radius 1 is 1.26 bits per heavy atom. The molecule has 8 nitrogen and oxygen atoms in total. The number of carbonyl (C=O) groups is 2. The molecule has 0 atom stereocenters. The maximum atomic E-state index is 11.8. The summed E-state index contributed by atoms with van der Waals surface area (Å²) in [6.45, 7) is 4.60. The number of carbonyl (C=O) groups excluding carboxylic acids is 2. The number of rotatable bonds is 3. The first-order chi connectivity index (χ1) is 10.6. The van der Waals surface area contributed by atoms with Crippen LogP contribution in [-0.4, -0.2) is 22.6 Å². The number of cyclic esters (lactones) is 2. The van der Waals surface area contributed by atoms with E-state index in [0.29, 0.717) is 15.7 Å². The molecule has 0 amide bonds. The van der Waals surface area contributed by atoms with Gasteiger partial charge in [0, 0.05) is 31.8 Å². The van der Waals surface area contributed by atoms with Crippen LogP contribution in [0, 0.1) is 17.0 Å². The third-order valence-electron chi connectivity index (χ3n) is 2.98. The van der Waals surface area contributed by atoms with E-state index in [1.807, 2.05) is 0 Å². The Hall–Kier alpha value is -2.42. The van der Waals surface area contributed by atoms with E-state index in [0.717, 1.165) is 6.20 Å². The summed E-state index contributed by atoms with van der Waals surface area (Å²) in [5.41, 5.74) is 0.579. The molecule has 1 saturated heterocycles. The molecule has 1 aromatic rings. The third kappa shape index (κ3) is 3.67. The van der Waals surface area contributed by atoms with Crippen LogP contribution in [0.4, 0.5) is 11.4 Å². The lowest BCUT2D eigenvalue weighted by atomic mass is 10.1. The minimum atomic E-state index is -1.32. The zero-order chi connectivity index (χ0) is 17.4. The molecule has 1 fully saturated rings. The second kappa shape index (κ2) is 5.99. The van der Waals surface area contributed by atoms with E-state index in [4.69, 9.17) is 9.47 Å². The van der Waals surface area contributed by atoms with Crippen molar-refractivity contribution >= 4 is 39.2 Å². The molecule has 0 aliphatic carbocycles. The summed E-state index contributed by atoms with van der Waals surface area (Å²) in [5, 5.41) is 13.7. The first-order valence-electron chi connectivity index (χ1n) is 6.48. The summed E-state index contributed by atoms with van der Waals surface area (Å²) in [5.74, 6) is -2.98. The third-order valence-corrected chi connectivity index (χ3v) is 3.61. The van der Waals surface area contributed by atoms with E-state index >= 15 is 0 Å². The SMILES string of the molecule is Cc1cc(Br)c([N+](=O)[O-])cc1NC=C1C(=O)OC(C)(C)OC1=O. The molecule has 23 heavy (non-hydrogen) atoms. The molecule has 1 aliphatic rings. The molecule has 1 aliphatic heterocycles. The number of aryl methyl sites for hydroxylation is 1. The van der Waals surface area contributed by atoms with Crippen molar-refractivity contribution in [3.63, 3.8) is 0 Å². The van der Waals surface area contributed by atoms with Gasteiger partial charge in [-0.15, -0.1) is 0 Å². The maximum absolute atomic E-state index is 11.8. The van der Waals surface area contributed by atoms with Crippen molar-refractivity contribution in [3.05, 3.63) is 44.1 Å². The van der Waals surface area contributed by atoms with Gasteiger partial charge < -0.3 is 14.8 Å². The molecule has 0 radical (unpaired) electrons. The minimum absolute atomic E-state index is 0.147. The Bertz CT molecular complexity index is 719. The number of nitrogens with one attached hydrogen (secondary N) is 1. The van der Waals surface area contributed by atoms with Crippen LogP contribution in [0.1, 0.15) is 19.4 Å². The monoisotopic (exact) mass is 384 g/mol. The number of benzene rings is 1. The van der Waals surface area contributed by atoms with Gasteiger partial charge in [-0.05, 0) is 34.5 Å². The van der Waals surface area contributed by atoms with E-state index < -0.39 is 22.6 Å². The minimum Gasteiger partial charge on any atom is -0.419 e. The molecule has 0 bridgehead atoms. The zero-order valence-corrected chi connectivity index (χ0v) is 14.1. The number of nitro benzene ring substituents is 1. The number of ether oxygens (including phenoxy) is 2. The number of anilines is 1. The molecular formula is C14H13BrN2O6. The van der Waals surface area contributed by atoms with E-state index in [2.05, 4.69) is 21.2 Å². The molecule has 122 valence electrons. The first-order valence-corrected chi connectivity index (χ1v) is 7.28. The van der Waals surface area contributed by atoms with Gasteiger partial charge in [-0.25, -0.2) is 9.59 Å². The zero-order valence-electron chi connectivity index (χ0n) is 12.5. The molecule has 0 aromatic heterocycles. The van der Waals surface area contributed by atoms with Crippen molar-refractivity contribution in [2.75, 3.05) is 5.32 Å². The Labute approximate surface area is 139 Å². The normalized spacial score (nSPS) is 16.4. The Morgan fingerprint density at radius 3 is 2.35 bits per heavy atom. The molecule has 0 unspecified atom stereocenters. The number of nitro groups is 1. The topological polar surface area (TPSA) is 108 Å². The summed E-state index contributed by atoms with van der Waals surface area (Å²) in [4.78, 5) is 34.0. The van der Waals surface area contributed by atoms with Crippen LogP contribution in [-0.2, 0) is 19.1 Å². The quantitative estimate of drug-likeness (QED) is 0.280. The van der Waals surface area contributed by atoms with Gasteiger partial charge in [0.2, 0.25) is 0 Å². The van der Waals surface area contributed by atoms with Crippen LogP contribution in [0.5, 0.6) is 0 Å². The van der Waals surface area contributed by atoms with Crippen LogP contribution in [0.15, 0.2) is 28.4 Å². The molecule has 2 rings (SSSR count). The molecule has 1 N–H and O–H groups in total. The van der Waals surface area contributed by atoms with Gasteiger partial charge in [0.25, 0.3) is 11.5 Å². The van der Waals surface area contributed by atoms with E-state index in [1.165, 1.54) is 19.9 Å². The fourth-order valence-corrected chi connectivity index (χ4v) is 2.49. The van der Waals surface area contributed by atoms with Crippen molar-refractivity contribution < 1.29 is 24.0 Å². The van der Waals surface area contributed by atoms with Gasteiger partial charge in [-0.1, -0.05) is 0 Å². The highest BCUT2D eigenvalue weighted by Gasteiger charge is 2.39. The number of halogens is 1. The lowest BCUT2D eigenvalue weighted by Gasteiger charge is -2.29. The molecule has 0 spiro atoms. The molecule has 1 heterocycles. The van der Waals surface area contributed by atoms with E-state index in [-0.39, 0.29) is 11.3 Å². The highest BCUT2D eigenvalue weighted by molar-refractivity contribution is 9.10. The van der Waals surface area contributed by atoms with Crippen LogP contribution in [0.2, 0.25) is 0 Å². The van der Waals surface area contributed by atoms with Gasteiger partial charge in [-0.2, -0.15) is 0 Å². The highest BCUT2D eigenvalue weighted by atomic mass is 79.9. The average molecular weight is 385 g/mol. The Balaban J connectivity index is 2.30. The van der Waals surface area contributed by atoms with Gasteiger partial charge in [0.05, 0.1) is 9.40 Å². The van der Waals surface area contributed by atoms with Crippen molar-refractivity contribution in [1.82, 2.24) is 0 Å². The van der Waals surface area contributed by atoms with Crippen LogP contribution < -0.4 is 5.32 Å². The smallest absolute Gasteiger partial charge is 0.350 e. The van der Waals surface area contributed by atoms with Crippen LogP contribution in [0.3, 0.4) is 0 Å². The second-order valence-electron chi connectivity index (χ2n) is 5.26. The fourth-order valence-electron chi connectivity index (χ4n) is 1.89. The molecular weight excluding hydrogens is 372 g/mol. The number of hydrogen-bond acceptors (Lipinski definition) is 7. The predicted octanol–water partition coefficient (Wildman–Crippen LogP) is 2.80. The number of hydrogen-bond donors (Lipinski definition) is 1. The van der Waals surface area contributed by atoms with Gasteiger partial charge >= 0.3 is 11.9 Å². The Kier molecular flexibility index (Phi) is 4.42. The molecule has 9 heteroatoms. The average Bonchev–Trinajstić information content (AvgIpc) is 2.37. The van der Waals surface area contributed by atoms with Crippen molar-refractivity contribution in [2.24, 2.45) is 0 Å². The summed E-state index contributed by atoms with van der Waals surface area (Å²) < 4.78 is 10.2. The Morgan fingerprint density at radius 2 is 1.83 bits per heavy atom.